The number of anilines is 2. The Morgan fingerprint density at radius 1 is 1.08 bits per heavy atom. The second-order valence-corrected chi connectivity index (χ2v) is 6.53. The summed E-state index contributed by atoms with van der Waals surface area (Å²) in [7, 11) is 0. The standard InChI is InChI=1S/C20H22N4/c1-14-5-6-19-17(11-14)13-22-20(24-19)23-18-4-2-3-16(12-18)15-7-9-21-10-8-15/h2-6,11-13,15,21H,7-10H2,1H3,(H,22,23,24). The summed E-state index contributed by atoms with van der Waals surface area (Å²) in [5.74, 6) is 1.29. The van der Waals surface area contributed by atoms with Gasteiger partial charge in [-0.25, -0.2) is 9.97 Å². The van der Waals surface area contributed by atoms with Crippen LogP contribution in [0, 0.1) is 6.92 Å². The van der Waals surface area contributed by atoms with Crippen LogP contribution in [0.2, 0.25) is 0 Å². The van der Waals surface area contributed by atoms with Crippen LogP contribution in [-0.2, 0) is 0 Å². The van der Waals surface area contributed by atoms with E-state index in [2.05, 4.69) is 63.9 Å². The number of aryl methyl sites for hydroxylation is 1. The molecule has 0 saturated carbocycles. The van der Waals surface area contributed by atoms with E-state index in [1.165, 1.54) is 24.0 Å². The Balaban J connectivity index is 1.57. The van der Waals surface area contributed by atoms with E-state index in [-0.39, 0.29) is 0 Å². The Hall–Kier alpha value is -2.46. The molecule has 2 aromatic carbocycles. The average molecular weight is 318 g/mol. The van der Waals surface area contributed by atoms with E-state index in [0.29, 0.717) is 11.9 Å². The zero-order valence-corrected chi connectivity index (χ0v) is 13.9. The molecule has 2 N–H and O–H groups in total. The number of benzene rings is 2. The first kappa shape index (κ1) is 15.1. The van der Waals surface area contributed by atoms with Crippen LogP contribution in [0.15, 0.2) is 48.7 Å². The maximum Gasteiger partial charge on any atom is 0.227 e. The number of hydrogen-bond acceptors (Lipinski definition) is 4. The summed E-state index contributed by atoms with van der Waals surface area (Å²) < 4.78 is 0. The van der Waals surface area contributed by atoms with Crippen molar-refractivity contribution < 1.29 is 0 Å². The monoisotopic (exact) mass is 318 g/mol. The van der Waals surface area contributed by atoms with Gasteiger partial charge in [-0.1, -0.05) is 23.8 Å². The van der Waals surface area contributed by atoms with Crippen LogP contribution in [0.1, 0.15) is 29.9 Å². The molecule has 3 aromatic rings. The van der Waals surface area contributed by atoms with Gasteiger partial charge in [-0.05, 0) is 68.6 Å². The molecule has 1 aromatic heterocycles. The van der Waals surface area contributed by atoms with Crippen LogP contribution in [0.5, 0.6) is 0 Å². The van der Waals surface area contributed by atoms with E-state index in [9.17, 15) is 0 Å². The van der Waals surface area contributed by atoms with Gasteiger partial charge in [0.05, 0.1) is 5.52 Å². The van der Waals surface area contributed by atoms with Gasteiger partial charge in [0, 0.05) is 17.3 Å². The van der Waals surface area contributed by atoms with Gasteiger partial charge < -0.3 is 10.6 Å². The Morgan fingerprint density at radius 2 is 1.96 bits per heavy atom. The molecular formula is C20H22N4. The van der Waals surface area contributed by atoms with Crippen molar-refractivity contribution in [2.75, 3.05) is 18.4 Å². The SMILES string of the molecule is Cc1ccc2nc(Nc3cccc(C4CCNCC4)c3)ncc2c1. The van der Waals surface area contributed by atoms with Gasteiger partial charge in [0.2, 0.25) is 5.95 Å². The Bertz CT molecular complexity index is 853. The van der Waals surface area contributed by atoms with Gasteiger partial charge in [-0.15, -0.1) is 0 Å². The highest BCUT2D eigenvalue weighted by molar-refractivity contribution is 5.79. The number of nitrogens with zero attached hydrogens (tertiary/aromatic N) is 2. The van der Waals surface area contributed by atoms with E-state index >= 15 is 0 Å². The van der Waals surface area contributed by atoms with Crippen molar-refractivity contribution in [1.82, 2.24) is 15.3 Å². The molecule has 1 saturated heterocycles. The van der Waals surface area contributed by atoms with Crippen LogP contribution >= 0.6 is 0 Å². The molecule has 0 aliphatic carbocycles. The van der Waals surface area contributed by atoms with E-state index < -0.39 is 0 Å². The summed E-state index contributed by atoms with van der Waals surface area (Å²) in [5.41, 5.74) is 4.64. The van der Waals surface area contributed by atoms with Gasteiger partial charge in [0.1, 0.15) is 0 Å². The molecule has 0 radical (unpaired) electrons. The van der Waals surface area contributed by atoms with Crippen molar-refractivity contribution >= 4 is 22.5 Å². The van der Waals surface area contributed by atoms with Gasteiger partial charge >= 0.3 is 0 Å². The fourth-order valence-electron chi connectivity index (χ4n) is 3.37. The molecule has 1 aliphatic heterocycles. The minimum absolute atomic E-state index is 0.647. The molecular weight excluding hydrogens is 296 g/mol. The lowest BCUT2D eigenvalue weighted by atomic mass is 9.90. The third-order valence-corrected chi connectivity index (χ3v) is 4.69. The fraction of sp³-hybridized carbons (Fsp3) is 0.300. The number of hydrogen-bond donors (Lipinski definition) is 2. The van der Waals surface area contributed by atoms with Gasteiger partial charge in [-0.2, -0.15) is 0 Å². The largest absolute Gasteiger partial charge is 0.324 e. The molecule has 0 amide bonds. The van der Waals surface area contributed by atoms with Gasteiger partial charge in [0.25, 0.3) is 0 Å². The summed E-state index contributed by atoms with van der Waals surface area (Å²) in [4.78, 5) is 9.07. The Kier molecular flexibility index (Phi) is 4.13. The first-order valence-electron chi connectivity index (χ1n) is 8.59. The van der Waals surface area contributed by atoms with Crippen molar-refractivity contribution in [2.45, 2.75) is 25.7 Å². The van der Waals surface area contributed by atoms with E-state index in [0.717, 1.165) is 29.7 Å². The highest BCUT2D eigenvalue weighted by Crippen LogP contribution is 2.28. The predicted octanol–water partition coefficient (Wildman–Crippen LogP) is 4.15. The van der Waals surface area contributed by atoms with Crippen LogP contribution in [-0.4, -0.2) is 23.1 Å². The molecule has 4 nitrogen and oxygen atoms in total. The summed E-state index contributed by atoms with van der Waals surface area (Å²) in [6.07, 6.45) is 4.29. The zero-order chi connectivity index (χ0) is 16.4. The molecule has 1 fully saturated rings. The minimum Gasteiger partial charge on any atom is -0.324 e. The Labute approximate surface area is 142 Å². The van der Waals surface area contributed by atoms with E-state index in [1.807, 2.05) is 12.3 Å². The number of piperidine rings is 1. The number of rotatable bonds is 3. The molecule has 2 heterocycles. The van der Waals surface area contributed by atoms with Crippen molar-refractivity contribution in [2.24, 2.45) is 0 Å². The number of fused-ring (bicyclic) bond motifs is 1. The molecule has 1 aliphatic rings. The maximum absolute atomic E-state index is 4.62. The smallest absolute Gasteiger partial charge is 0.227 e. The average Bonchev–Trinajstić information content (AvgIpc) is 2.63. The molecule has 24 heavy (non-hydrogen) atoms. The normalized spacial score (nSPS) is 15.5. The van der Waals surface area contributed by atoms with E-state index in [1.54, 1.807) is 0 Å². The summed E-state index contributed by atoms with van der Waals surface area (Å²) in [5, 5.41) is 7.85. The molecule has 0 bridgehead atoms. The van der Waals surface area contributed by atoms with Crippen LogP contribution < -0.4 is 10.6 Å². The highest BCUT2D eigenvalue weighted by atomic mass is 15.1. The molecule has 4 heteroatoms. The molecule has 0 spiro atoms. The summed E-state index contributed by atoms with van der Waals surface area (Å²) in [6, 6.07) is 14.9. The van der Waals surface area contributed by atoms with Crippen LogP contribution in [0.3, 0.4) is 0 Å². The third kappa shape index (κ3) is 3.24. The first-order chi connectivity index (χ1) is 11.8. The minimum atomic E-state index is 0.647. The fourth-order valence-corrected chi connectivity index (χ4v) is 3.37. The molecule has 0 atom stereocenters. The number of aromatic nitrogens is 2. The zero-order valence-electron chi connectivity index (χ0n) is 13.9. The second kappa shape index (κ2) is 6.57. The molecule has 4 rings (SSSR count). The van der Waals surface area contributed by atoms with Crippen molar-refractivity contribution in [3.8, 4) is 0 Å². The van der Waals surface area contributed by atoms with Gasteiger partial charge in [0.15, 0.2) is 0 Å². The quantitative estimate of drug-likeness (QED) is 0.762. The predicted molar refractivity (Wildman–Crippen MR) is 98.8 cm³/mol. The van der Waals surface area contributed by atoms with Crippen molar-refractivity contribution in [3.63, 3.8) is 0 Å². The lowest BCUT2D eigenvalue weighted by Gasteiger charge is -2.23. The third-order valence-electron chi connectivity index (χ3n) is 4.69. The summed E-state index contributed by atoms with van der Waals surface area (Å²) in [6.45, 7) is 4.29. The van der Waals surface area contributed by atoms with Gasteiger partial charge in [-0.3, -0.25) is 0 Å². The molecule has 0 unspecified atom stereocenters. The van der Waals surface area contributed by atoms with Crippen LogP contribution in [0.25, 0.3) is 10.9 Å². The maximum atomic E-state index is 4.62. The van der Waals surface area contributed by atoms with Crippen molar-refractivity contribution in [3.05, 3.63) is 59.8 Å². The topological polar surface area (TPSA) is 49.8 Å². The Morgan fingerprint density at radius 3 is 2.83 bits per heavy atom. The second-order valence-electron chi connectivity index (χ2n) is 6.53. The lowest BCUT2D eigenvalue weighted by molar-refractivity contribution is 0.460. The van der Waals surface area contributed by atoms with E-state index in [4.69, 9.17) is 0 Å². The van der Waals surface area contributed by atoms with Crippen LogP contribution in [0.4, 0.5) is 11.6 Å². The lowest BCUT2D eigenvalue weighted by Crippen LogP contribution is -2.26. The number of nitrogens with one attached hydrogen (secondary N) is 2. The highest BCUT2D eigenvalue weighted by Gasteiger charge is 2.15. The van der Waals surface area contributed by atoms with Crippen molar-refractivity contribution in [1.29, 1.82) is 0 Å². The molecule has 122 valence electrons. The first-order valence-corrected chi connectivity index (χ1v) is 8.59. The summed E-state index contributed by atoms with van der Waals surface area (Å²) >= 11 is 0.